The van der Waals surface area contributed by atoms with Gasteiger partial charge < -0.3 is 14.2 Å². The number of hydrogen-bond acceptors (Lipinski definition) is 6. The molecular weight excluding hydrogens is 1010 g/mol. The van der Waals surface area contributed by atoms with E-state index in [4.69, 9.17) is 14.2 Å². The van der Waals surface area contributed by atoms with Crippen molar-refractivity contribution in [1.82, 2.24) is 0 Å². The first kappa shape index (κ1) is 77.5. The number of carbonyl (C=O) groups is 3. The Morgan fingerprint density at radius 3 is 0.780 bits per heavy atom. The van der Waals surface area contributed by atoms with Crippen LogP contribution in [0.25, 0.3) is 0 Å². The summed E-state index contributed by atoms with van der Waals surface area (Å²) in [6, 6.07) is 0. The zero-order valence-electron chi connectivity index (χ0n) is 53.5. The van der Waals surface area contributed by atoms with Gasteiger partial charge in [0.25, 0.3) is 0 Å². The van der Waals surface area contributed by atoms with Crippen LogP contribution >= 0.6 is 0 Å². The molecule has 0 heterocycles. The van der Waals surface area contributed by atoms with Gasteiger partial charge in [0.2, 0.25) is 0 Å². The van der Waals surface area contributed by atoms with Crippen LogP contribution in [0.2, 0.25) is 0 Å². The van der Waals surface area contributed by atoms with Gasteiger partial charge in [-0.15, -0.1) is 0 Å². The Kier molecular flexibility index (Phi) is 65.3. The van der Waals surface area contributed by atoms with E-state index in [0.29, 0.717) is 19.3 Å². The van der Waals surface area contributed by atoms with E-state index in [1.165, 1.54) is 148 Å². The number of unbranched alkanes of at least 4 members (excludes halogenated alkanes) is 28. The molecule has 0 aromatic heterocycles. The van der Waals surface area contributed by atoms with Gasteiger partial charge in [-0.1, -0.05) is 315 Å². The quantitative estimate of drug-likeness (QED) is 0.0261. The summed E-state index contributed by atoms with van der Waals surface area (Å²) in [5.74, 6) is -0.951. The van der Waals surface area contributed by atoms with E-state index in [-0.39, 0.29) is 37.5 Å². The lowest BCUT2D eigenvalue weighted by molar-refractivity contribution is -0.167. The number of esters is 3. The van der Waals surface area contributed by atoms with Crippen LogP contribution in [0.4, 0.5) is 0 Å². The van der Waals surface area contributed by atoms with Crippen molar-refractivity contribution in [3.8, 4) is 0 Å². The zero-order chi connectivity index (χ0) is 59.2. The molecule has 0 aromatic carbocycles. The van der Waals surface area contributed by atoms with Gasteiger partial charge in [-0.25, -0.2) is 0 Å². The fourth-order valence-electron chi connectivity index (χ4n) is 9.37. The lowest BCUT2D eigenvalue weighted by atomic mass is 10.0. The van der Waals surface area contributed by atoms with E-state index in [1.54, 1.807) is 0 Å². The second kappa shape index (κ2) is 69.0. The molecule has 0 aliphatic heterocycles. The zero-order valence-corrected chi connectivity index (χ0v) is 53.5. The second-order valence-corrected chi connectivity index (χ2v) is 22.3. The standard InChI is InChI=1S/C76H126O6/c1-4-7-10-13-16-19-22-25-27-29-30-31-32-33-34-35-36-37-38-39-40-41-42-43-44-45-46-48-49-51-54-57-60-63-66-69-75(78)81-72-73(71-80-74(77)68-65-62-59-56-53-24-21-18-15-12-9-6-3)82-76(79)70-67-64-61-58-55-52-50-47-28-26-23-20-17-14-11-8-5-2/h7-8,10-11,16-17,19-20,25-28,30-31,33-34,36-37,50,52,58,61,73H,4-6,9,12-15,18,21-24,29,32,35,38-49,51,53-57,59-60,62-72H2,1-3H3/b10-7-,11-8-,19-16-,20-17-,27-25-,28-26-,31-30-,34-33-,37-36-,52-50-,61-58-. The summed E-state index contributed by atoms with van der Waals surface area (Å²) in [6.45, 7) is 6.38. The first-order valence-corrected chi connectivity index (χ1v) is 34.2. The van der Waals surface area contributed by atoms with Crippen molar-refractivity contribution in [1.29, 1.82) is 0 Å². The van der Waals surface area contributed by atoms with Crippen molar-refractivity contribution >= 4 is 17.9 Å². The molecule has 466 valence electrons. The summed E-state index contributed by atoms with van der Waals surface area (Å²) in [6.07, 6.45) is 97.8. The summed E-state index contributed by atoms with van der Waals surface area (Å²) in [4.78, 5) is 38.3. The maximum absolute atomic E-state index is 12.9. The molecule has 82 heavy (non-hydrogen) atoms. The minimum Gasteiger partial charge on any atom is -0.462 e. The highest BCUT2D eigenvalue weighted by atomic mass is 16.6. The third kappa shape index (κ3) is 66.4. The minimum atomic E-state index is -0.809. The van der Waals surface area contributed by atoms with Crippen LogP contribution in [0.3, 0.4) is 0 Å². The molecule has 0 rings (SSSR count). The maximum Gasteiger partial charge on any atom is 0.306 e. The van der Waals surface area contributed by atoms with Crippen molar-refractivity contribution in [2.75, 3.05) is 13.2 Å². The molecule has 0 spiro atoms. The predicted octanol–water partition coefficient (Wildman–Crippen LogP) is 23.7. The molecular formula is C76H126O6. The molecule has 0 fully saturated rings. The average Bonchev–Trinajstić information content (AvgIpc) is 3.47. The van der Waals surface area contributed by atoms with Gasteiger partial charge in [0, 0.05) is 19.3 Å². The van der Waals surface area contributed by atoms with Crippen LogP contribution in [-0.2, 0) is 28.6 Å². The Morgan fingerprint density at radius 2 is 0.488 bits per heavy atom. The largest absolute Gasteiger partial charge is 0.462 e. The van der Waals surface area contributed by atoms with Gasteiger partial charge in [0.05, 0.1) is 0 Å². The van der Waals surface area contributed by atoms with Gasteiger partial charge in [0.1, 0.15) is 13.2 Å². The molecule has 0 radical (unpaired) electrons. The van der Waals surface area contributed by atoms with Crippen LogP contribution in [0.15, 0.2) is 134 Å². The Hall–Kier alpha value is -4.45. The lowest BCUT2D eigenvalue weighted by Gasteiger charge is -2.18. The molecule has 6 nitrogen and oxygen atoms in total. The van der Waals surface area contributed by atoms with Crippen molar-refractivity contribution in [2.24, 2.45) is 0 Å². The van der Waals surface area contributed by atoms with Gasteiger partial charge in [-0.05, 0) is 109 Å². The number of hydrogen-bond donors (Lipinski definition) is 0. The number of carbonyl (C=O) groups excluding carboxylic acids is 3. The van der Waals surface area contributed by atoms with Crippen molar-refractivity contribution in [2.45, 2.75) is 316 Å². The summed E-state index contributed by atoms with van der Waals surface area (Å²) in [5, 5.41) is 0. The highest BCUT2D eigenvalue weighted by Crippen LogP contribution is 2.17. The lowest BCUT2D eigenvalue weighted by Crippen LogP contribution is -2.30. The van der Waals surface area contributed by atoms with Crippen LogP contribution in [0.5, 0.6) is 0 Å². The van der Waals surface area contributed by atoms with E-state index in [1.807, 2.05) is 0 Å². The molecule has 1 unspecified atom stereocenters. The summed E-state index contributed by atoms with van der Waals surface area (Å²) in [5.41, 5.74) is 0. The molecule has 6 heteroatoms. The van der Waals surface area contributed by atoms with Gasteiger partial charge in [-0.2, -0.15) is 0 Å². The van der Waals surface area contributed by atoms with E-state index in [9.17, 15) is 14.4 Å². The number of allylic oxidation sites excluding steroid dienone is 22. The molecule has 0 N–H and O–H groups in total. The van der Waals surface area contributed by atoms with Gasteiger partial charge >= 0.3 is 17.9 Å². The summed E-state index contributed by atoms with van der Waals surface area (Å²) < 4.78 is 16.9. The average molecular weight is 1140 g/mol. The first-order chi connectivity index (χ1) is 40.5. The monoisotopic (exact) mass is 1130 g/mol. The van der Waals surface area contributed by atoms with E-state index in [2.05, 4.69) is 154 Å². The molecule has 0 aromatic rings. The molecule has 0 aliphatic rings. The van der Waals surface area contributed by atoms with E-state index < -0.39 is 6.10 Å². The van der Waals surface area contributed by atoms with Gasteiger partial charge in [0.15, 0.2) is 6.10 Å². The fourth-order valence-corrected chi connectivity index (χ4v) is 9.37. The smallest absolute Gasteiger partial charge is 0.306 e. The Morgan fingerprint density at radius 1 is 0.256 bits per heavy atom. The highest BCUT2D eigenvalue weighted by molar-refractivity contribution is 5.71. The predicted molar refractivity (Wildman–Crippen MR) is 357 cm³/mol. The van der Waals surface area contributed by atoms with Crippen molar-refractivity contribution in [3.05, 3.63) is 134 Å². The number of ether oxygens (including phenoxy) is 3. The van der Waals surface area contributed by atoms with Crippen LogP contribution in [0.1, 0.15) is 310 Å². The topological polar surface area (TPSA) is 78.9 Å². The molecule has 0 saturated heterocycles. The fraction of sp³-hybridized carbons (Fsp3) is 0.671. The Balaban J connectivity index is 4.20. The first-order valence-electron chi connectivity index (χ1n) is 34.2. The van der Waals surface area contributed by atoms with Crippen LogP contribution < -0.4 is 0 Å². The van der Waals surface area contributed by atoms with Crippen molar-refractivity contribution in [3.63, 3.8) is 0 Å². The molecule has 1 atom stereocenters. The van der Waals surface area contributed by atoms with E-state index in [0.717, 1.165) is 116 Å². The van der Waals surface area contributed by atoms with Gasteiger partial charge in [-0.3, -0.25) is 14.4 Å². The molecule has 0 saturated carbocycles. The van der Waals surface area contributed by atoms with Crippen LogP contribution in [0, 0.1) is 0 Å². The summed E-state index contributed by atoms with van der Waals surface area (Å²) in [7, 11) is 0. The highest BCUT2D eigenvalue weighted by Gasteiger charge is 2.19. The molecule has 0 aliphatic carbocycles. The second-order valence-electron chi connectivity index (χ2n) is 22.3. The Labute approximate surface area is 506 Å². The van der Waals surface area contributed by atoms with Crippen molar-refractivity contribution < 1.29 is 28.6 Å². The third-order valence-corrected chi connectivity index (χ3v) is 14.4. The normalized spacial score (nSPS) is 13.0. The third-order valence-electron chi connectivity index (χ3n) is 14.4. The Bertz CT molecular complexity index is 1730. The molecule has 0 amide bonds. The van der Waals surface area contributed by atoms with Crippen LogP contribution in [-0.4, -0.2) is 37.2 Å². The minimum absolute atomic E-state index is 0.0990. The number of rotatable bonds is 61. The van der Waals surface area contributed by atoms with E-state index >= 15 is 0 Å². The molecule has 0 bridgehead atoms. The SMILES string of the molecule is CC/C=C\C/C=C\C/C=C\C/C=C\C/C=C\C/C=C\CCCCCCCCCCCCCCCCCCC(=O)OCC(COC(=O)CCCCCCCCCCCCCC)OC(=O)CCC/C=C\C/C=C\C/C=C\C/C=C\C/C=C\CC. The maximum atomic E-state index is 12.9. The summed E-state index contributed by atoms with van der Waals surface area (Å²) >= 11 is 0.